The molecule has 0 saturated carbocycles. The first-order valence-electron chi connectivity index (χ1n) is 4.78. The number of fused-ring (bicyclic) bond motifs is 1. The minimum absolute atomic E-state index is 0.189. The molecule has 80 valence electrons. The molecule has 0 saturated heterocycles. The van der Waals surface area contributed by atoms with Crippen molar-refractivity contribution in [3.8, 4) is 0 Å². The van der Waals surface area contributed by atoms with Gasteiger partial charge in [0.05, 0.1) is 35.5 Å². The van der Waals surface area contributed by atoms with Crippen LogP contribution in [0.5, 0.6) is 0 Å². The average Bonchev–Trinajstić information content (AvgIpc) is 2.90. The molecule has 0 unspecified atom stereocenters. The zero-order valence-electron chi connectivity index (χ0n) is 8.23. The van der Waals surface area contributed by atoms with Gasteiger partial charge >= 0.3 is 0 Å². The summed E-state index contributed by atoms with van der Waals surface area (Å²) in [6.07, 6.45) is 3.55. The molecule has 3 aromatic heterocycles. The van der Waals surface area contributed by atoms with E-state index in [0.717, 1.165) is 5.76 Å². The molecule has 0 radical (unpaired) electrons. The van der Waals surface area contributed by atoms with Crippen LogP contribution >= 0.6 is 0 Å². The molecule has 0 atom stereocenters. The Bertz CT molecular complexity index is 666. The molecule has 3 aromatic rings. The van der Waals surface area contributed by atoms with Crippen molar-refractivity contribution in [2.45, 2.75) is 6.42 Å². The molecule has 6 nitrogen and oxygen atoms in total. The number of nitrogens with one attached hydrogen (secondary N) is 2. The lowest BCUT2D eigenvalue weighted by atomic mass is 10.2. The van der Waals surface area contributed by atoms with Crippen LogP contribution in [0.2, 0.25) is 0 Å². The van der Waals surface area contributed by atoms with E-state index < -0.39 is 0 Å². The highest BCUT2D eigenvalue weighted by Gasteiger charge is 2.09. The highest BCUT2D eigenvalue weighted by atomic mass is 16.3. The second-order valence-electron chi connectivity index (χ2n) is 3.42. The zero-order chi connectivity index (χ0) is 11.0. The molecule has 0 bridgehead atoms. The van der Waals surface area contributed by atoms with E-state index in [1.165, 1.54) is 6.20 Å². The highest BCUT2D eigenvalue weighted by Crippen LogP contribution is 2.13. The lowest BCUT2D eigenvalue weighted by molar-refractivity contribution is 0.519. The van der Waals surface area contributed by atoms with Crippen molar-refractivity contribution < 1.29 is 4.42 Å². The van der Waals surface area contributed by atoms with Gasteiger partial charge in [0.25, 0.3) is 5.56 Å². The Kier molecular flexibility index (Phi) is 1.86. The van der Waals surface area contributed by atoms with Crippen LogP contribution in [-0.4, -0.2) is 20.4 Å². The number of hydrogen-bond donors (Lipinski definition) is 2. The van der Waals surface area contributed by atoms with E-state index in [2.05, 4.69) is 20.4 Å². The van der Waals surface area contributed by atoms with Gasteiger partial charge in [0.15, 0.2) is 0 Å². The summed E-state index contributed by atoms with van der Waals surface area (Å²) >= 11 is 0. The van der Waals surface area contributed by atoms with Crippen LogP contribution in [-0.2, 0) is 6.42 Å². The molecule has 0 aromatic carbocycles. The normalized spacial score (nSPS) is 11.0. The predicted molar refractivity (Wildman–Crippen MR) is 56.0 cm³/mol. The largest absolute Gasteiger partial charge is 0.469 e. The Balaban J connectivity index is 2.13. The van der Waals surface area contributed by atoms with Crippen molar-refractivity contribution in [2.24, 2.45) is 0 Å². The summed E-state index contributed by atoms with van der Waals surface area (Å²) in [4.78, 5) is 11.4. The Morgan fingerprint density at radius 2 is 2.31 bits per heavy atom. The lowest BCUT2D eigenvalue weighted by Crippen LogP contribution is -1.99. The first kappa shape index (κ1) is 8.90. The number of aromatic amines is 2. The van der Waals surface area contributed by atoms with Crippen LogP contribution in [0.15, 0.2) is 33.8 Å². The topological polar surface area (TPSA) is 87.6 Å². The molecule has 0 spiro atoms. The third-order valence-electron chi connectivity index (χ3n) is 2.39. The smallest absolute Gasteiger partial charge is 0.273 e. The van der Waals surface area contributed by atoms with Gasteiger partial charge in [-0.2, -0.15) is 10.2 Å². The van der Waals surface area contributed by atoms with Crippen LogP contribution in [0.25, 0.3) is 10.9 Å². The van der Waals surface area contributed by atoms with Gasteiger partial charge in [-0.1, -0.05) is 0 Å². The molecule has 0 fully saturated rings. The van der Waals surface area contributed by atoms with Crippen molar-refractivity contribution in [1.29, 1.82) is 0 Å². The maximum atomic E-state index is 11.4. The molecular formula is C10H8N4O2. The molecule has 0 aliphatic rings. The summed E-state index contributed by atoms with van der Waals surface area (Å²) in [5, 5.41) is 13.6. The first-order valence-corrected chi connectivity index (χ1v) is 4.78. The van der Waals surface area contributed by atoms with Gasteiger partial charge in [-0.05, 0) is 12.1 Å². The van der Waals surface area contributed by atoms with Gasteiger partial charge in [-0.15, -0.1) is 0 Å². The number of furan rings is 1. The van der Waals surface area contributed by atoms with Gasteiger partial charge < -0.3 is 4.42 Å². The number of H-pyrrole nitrogens is 2. The van der Waals surface area contributed by atoms with Gasteiger partial charge in [0, 0.05) is 0 Å². The van der Waals surface area contributed by atoms with Crippen LogP contribution in [0.3, 0.4) is 0 Å². The van der Waals surface area contributed by atoms with Gasteiger partial charge in [0.1, 0.15) is 5.76 Å². The van der Waals surface area contributed by atoms with Gasteiger partial charge in [0.2, 0.25) is 0 Å². The molecule has 0 amide bonds. The number of nitrogens with zero attached hydrogens (tertiary/aromatic N) is 2. The average molecular weight is 216 g/mol. The third kappa shape index (κ3) is 1.31. The fourth-order valence-electron chi connectivity index (χ4n) is 1.63. The van der Waals surface area contributed by atoms with Crippen molar-refractivity contribution in [3.05, 3.63) is 46.4 Å². The SMILES string of the molecule is O=c1[nH][nH]c2c(Cc3ccco3)nncc12. The Morgan fingerprint density at radius 1 is 1.38 bits per heavy atom. The summed E-state index contributed by atoms with van der Waals surface area (Å²) in [6, 6.07) is 3.66. The van der Waals surface area contributed by atoms with Crippen LogP contribution < -0.4 is 5.56 Å². The van der Waals surface area contributed by atoms with Gasteiger partial charge in [-0.3, -0.25) is 15.0 Å². The predicted octanol–water partition coefficient (Wildman–Crippen LogP) is 0.830. The molecule has 2 N–H and O–H groups in total. The standard InChI is InChI=1S/C10H8N4O2/c15-10-7-5-11-12-8(9(7)13-14-10)4-6-2-1-3-16-6/h1-3,5H,4H2,(H2,13,14,15). The van der Waals surface area contributed by atoms with Crippen LogP contribution in [0.1, 0.15) is 11.5 Å². The molecule has 0 aliphatic carbocycles. The summed E-state index contributed by atoms with van der Waals surface area (Å²) < 4.78 is 5.22. The maximum Gasteiger partial charge on any atom is 0.273 e. The molecule has 3 heterocycles. The number of rotatable bonds is 2. The summed E-state index contributed by atoms with van der Waals surface area (Å²) in [5.74, 6) is 0.781. The van der Waals surface area contributed by atoms with Crippen molar-refractivity contribution in [1.82, 2.24) is 20.4 Å². The minimum Gasteiger partial charge on any atom is -0.469 e. The molecular weight excluding hydrogens is 208 g/mol. The number of aromatic nitrogens is 4. The second-order valence-corrected chi connectivity index (χ2v) is 3.42. The van der Waals surface area contributed by atoms with E-state index in [1.54, 1.807) is 6.26 Å². The van der Waals surface area contributed by atoms with E-state index in [0.29, 0.717) is 23.0 Å². The second kappa shape index (κ2) is 3.34. The summed E-state index contributed by atoms with van der Waals surface area (Å²) in [7, 11) is 0. The molecule has 0 aliphatic heterocycles. The maximum absolute atomic E-state index is 11.4. The fraction of sp³-hybridized carbons (Fsp3) is 0.100. The van der Waals surface area contributed by atoms with Crippen LogP contribution in [0, 0.1) is 0 Å². The fourth-order valence-corrected chi connectivity index (χ4v) is 1.63. The summed E-state index contributed by atoms with van der Waals surface area (Å²) in [5.41, 5.74) is 1.17. The monoisotopic (exact) mass is 216 g/mol. The van der Waals surface area contributed by atoms with Crippen molar-refractivity contribution in [2.75, 3.05) is 0 Å². The quantitative estimate of drug-likeness (QED) is 0.664. The Morgan fingerprint density at radius 3 is 3.12 bits per heavy atom. The lowest BCUT2D eigenvalue weighted by Gasteiger charge is -1.97. The summed E-state index contributed by atoms with van der Waals surface area (Å²) in [6.45, 7) is 0. The van der Waals surface area contributed by atoms with E-state index in [-0.39, 0.29) is 5.56 Å². The minimum atomic E-state index is -0.189. The van der Waals surface area contributed by atoms with E-state index >= 15 is 0 Å². The zero-order valence-corrected chi connectivity index (χ0v) is 8.23. The third-order valence-corrected chi connectivity index (χ3v) is 2.39. The Hall–Kier alpha value is -2.37. The highest BCUT2D eigenvalue weighted by molar-refractivity contribution is 5.78. The van der Waals surface area contributed by atoms with Crippen molar-refractivity contribution >= 4 is 10.9 Å². The Labute approximate surface area is 89.3 Å². The first-order chi connectivity index (χ1) is 7.84. The van der Waals surface area contributed by atoms with Crippen LogP contribution in [0.4, 0.5) is 0 Å². The van der Waals surface area contributed by atoms with E-state index in [1.807, 2.05) is 12.1 Å². The molecule has 16 heavy (non-hydrogen) atoms. The van der Waals surface area contributed by atoms with Crippen molar-refractivity contribution in [3.63, 3.8) is 0 Å². The number of hydrogen-bond acceptors (Lipinski definition) is 4. The molecule has 6 heteroatoms. The van der Waals surface area contributed by atoms with Gasteiger partial charge in [-0.25, -0.2) is 0 Å². The molecule has 3 rings (SSSR count). The van der Waals surface area contributed by atoms with E-state index in [9.17, 15) is 4.79 Å². The van der Waals surface area contributed by atoms with E-state index in [4.69, 9.17) is 4.42 Å².